The van der Waals surface area contributed by atoms with Crippen molar-refractivity contribution in [2.24, 2.45) is 0 Å². The lowest BCUT2D eigenvalue weighted by atomic mass is 9.98. The first-order valence-corrected chi connectivity index (χ1v) is 11.1. The number of hydrogen-bond acceptors (Lipinski definition) is 3. The summed E-state index contributed by atoms with van der Waals surface area (Å²) >= 11 is 0. The van der Waals surface area contributed by atoms with Gasteiger partial charge in [0.15, 0.2) is 0 Å². The molecular weight excluding hydrogens is 388 g/mol. The molecule has 0 saturated carbocycles. The van der Waals surface area contributed by atoms with Gasteiger partial charge in [0.05, 0.1) is 23.5 Å². The molecule has 5 nitrogen and oxygen atoms in total. The standard InChI is InChI=1S/C26H30N2O3/c1-18-6-4-3-5-7-22(11-8-18)28-23(14-19(2)27-28)17-31-24-12-13-25-20(15-24)9-10-21(25)16-26(29)30/h7-8,11-15,21H,1,3-6,9-10,16-17H2,2H3,(H,29,30)/b11-8-,22-7+. The van der Waals surface area contributed by atoms with Crippen LogP contribution in [0.4, 0.5) is 0 Å². The van der Waals surface area contributed by atoms with Crippen LogP contribution in [0.5, 0.6) is 5.75 Å². The van der Waals surface area contributed by atoms with Crippen LogP contribution in [0.2, 0.25) is 0 Å². The maximum Gasteiger partial charge on any atom is 0.303 e. The SMILES string of the molecule is C=C1/C=C\C(n2nc(C)cc2COc2ccc3c(c2)CCC3CC(=O)O)=C/CCCC1. The van der Waals surface area contributed by atoms with E-state index in [0.29, 0.717) is 6.61 Å². The predicted molar refractivity (Wildman–Crippen MR) is 122 cm³/mol. The minimum atomic E-state index is -0.737. The van der Waals surface area contributed by atoms with E-state index in [4.69, 9.17) is 14.9 Å². The zero-order valence-electron chi connectivity index (χ0n) is 18.1. The quantitative estimate of drug-likeness (QED) is 0.644. The van der Waals surface area contributed by atoms with Crippen molar-refractivity contribution >= 4 is 11.7 Å². The molecule has 2 aliphatic rings. The molecule has 1 aromatic carbocycles. The minimum absolute atomic E-state index is 0.113. The summed E-state index contributed by atoms with van der Waals surface area (Å²) in [6.07, 6.45) is 12.8. The second-order valence-electron chi connectivity index (χ2n) is 8.54. The highest BCUT2D eigenvalue weighted by atomic mass is 16.5. The molecule has 5 heteroatoms. The van der Waals surface area contributed by atoms with Crippen LogP contribution >= 0.6 is 0 Å². The highest BCUT2D eigenvalue weighted by Gasteiger charge is 2.25. The molecule has 1 heterocycles. The number of benzene rings is 1. The third-order valence-electron chi connectivity index (χ3n) is 6.07. The fraction of sp³-hybridized carbons (Fsp3) is 0.385. The number of aliphatic carboxylic acids is 1. The van der Waals surface area contributed by atoms with Gasteiger partial charge in [-0.2, -0.15) is 5.10 Å². The lowest BCUT2D eigenvalue weighted by Gasteiger charge is -2.12. The summed E-state index contributed by atoms with van der Waals surface area (Å²) in [7, 11) is 0. The monoisotopic (exact) mass is 418 g/mol. The van der Waals surface area contributed by atoms with Crippen LogP contribution in [-0.4, -0.2) is 20.9 Å². The fourth-order valence-corrected chi connectivity index (χ4v) is 4.49. The predicted octanol–water partition coefficient (Wildman–Crippen LogP) is 5.80. The molecule has 1 unspecified atom stereocenters. The van der Waals surface area contributed by atoms with E-state index < -0.39 is 5.97 Å². The molecule has 1 atom stereocenters. The summed E-state index contributed by atoms with van der Waals surface area (Å²) < 4.78 is 8.11. The highest BCUT2D eigenvalue weighted by Crippen LogP contribution is 2.37. The summed E-state index contributed by atoms with van der Waals surface area (Å²) in [5, 5.41) is 13.8. The number of carboxylic acid groups (broad SMARTS) is 1. The van der Waals surface area contributed by atoms with Crippen molar-refractivity contribution < 1.29 is 14.6 Å². The normalized spacial score (nSPS) is 21.4. The van der Waals surface area contributed by atoms with Crippen molar-refractivity contribution in [3.8, 4) is 5.75 Å². The van der Waals surface area contributed by atoms with Crippen molar-refractivity contribution in [3.05, 3.63) is 77.2 Å². The van der Waals surface area contributed by atoms with Gasteiger partial charge in [-0.05, 0) is 86.8 Å². The first kappa shape index (κ1) is 21.2. The van der Waals surface area contributed by atoms with Crippen molar-refractivity contribution in [1.29, 1.82) is 0 Å². The van der Waals surface area contributed by atoms with Gasteiger partial charge in [0.25, 0.3) is 0 Å². The first-order chi connectivity index (χ1) is 15.0. The molecule has 1 N–H and O–H groups in total. The number of nitrogens with zero attached hydrogens (tertiary/aromatic N) is 2. The summed E-state index contributed by atoms with van der Waals surface area (Å²) in [6, 6.07) is 8.11. The number of ether oxygens (including phenoxy) is 1. The second-order valence-corrected chi connectivity index (χ2v) is 8.54. The fourth-order valence-electron chi connectivity index (χ4n) is 4.49. The van der Waals surface area contributed by atoms with Gasteiger partial charge < -0.3 is 9.84 Å². The van der Waals surface area contributed by atoms with Gasteiger partial charge in [0.1, 0.15) is 12.4 Å². The number of aryl methyl sites for hydroxylation is 2. The molecule has 0 amide bonds. The Hall–Kier alpha value is -3.08. The van der Waals surface area contributed by atoms with Crippen molar-refractivity contribution in [2.45, 2.75) is 64.4 Å². The van der Waals surface area contributed by atoms with E-state index >= 15 is 0 Å². The minimum Gasteiger partial charge on any atom is -0.487 e. The van der Waals surface area contributed by atoms with Gasteiger partial charge in [-0.3, -0.25) is 4.79 Å². The van der Waals surface area contributed by atoms with Gasteiger partial charge in [0, 0.05) is 0 Å². The maximum absolute atomic E-state index is 11.1. The average Bonchev–Trinajstić information content (AvgIpc) is 3.32. The zero-order chi connectivity index (χ0) is 21.8. The van der Waals surface area contributed by atoms with Gasteiger partial charge in [-0.15, -0.1) is 0 Å². The molecule has 4 rings (SSSR count). The number of rotatable bonds is 6. The molecule has 0 spiro atoms. The second kappa shape index (κ2) is 9.38. The molecule has 1 aromatic heterocycles. The number of carboxylic acids is 1. The molecule has 0 aliphatic heterocycles. The van der Waals surface area contributed by atoms with Gasteiger partial charge in [-0.25, -0.2) is 4.68 Å². The molecule has 2 aromatic rings. The van der Waals surface area contributed by atoms with E-state index in [-0.39, 0.29) is 12.3 Å². The topological polar surface area (TPSA) is 64.4 Å². The van der Waals surface area contributed by atoms with Crippen molar-refractivity contribution in [2.75, 3.05) is 0 Å². The van der Waals surface area contributed by atoms with Gasteiger partial charge in [-0.1, -0.05) is 30.4 Å². The van der Waals surface area contributed by atoms with E-state index in [2.05, 4.69) is 36.9 Å². The lowest BCUT2D eigenvalue weighted by Crippen LogP contribution is -2.07. The van der Waals surface area contributed by atoms with Crippen LogP contribution in [0.25, 0.3) is 5.70 Å². The molecule has 31 heavy (non-hydrogen) atoms. The maximum atomic E-state index is 11.1. The number of hydrogen-bond donors (Lipinski definition) is 1. The van der Waals surface area contributed by atoms with Crippen molar-refractivity contribution in [1.82, 2.24) is 9.78 Å². The molecule has 0 bridgehead atoms. The van der Waals surface area contributed by atoms with Crippen LogP contribution in [0.1, 0.15) is 67.0 Å². The highest BCUT2D eigenvalue weighted by molar-refractivity contribution is 5.68. The van der Waals surface area contributed by atoms with E-state index in [1.807, 2.05) is 23.7 Å². The number of carbonyl (C=O) groups is 1. The Morgan fingerprint density at radius 2 is 2.13 bits per heavy atom. The molecule has 2 aliphatic carbocycles. The smallest absolute Gasteiger partial charge is 0.303 e. The van der Waals surface area contributed by atoms with Crippen molar-refractivity contribution in [3.63, 3.8) is 0 Å². The Kier molecular flexibility index (Phi) is 6.40. The Balaban J connectivity index is 1.50. The third-order valence-corrected chi connectivity index (χ3v) is 6.07. The van der Waals surface area contributed by atoms with Crippen LogP contribution < -0.4 is 4.74 Å². The van der Waals surface area contributed by atoms with E-state index in [1.54, 1.807) is 0 Å². The molecule has 0 saturated heterocycles. The Morgan fingerprint density at radius 1 is 1.26 bits per heavy atom. The van der Waals surface area contributed by atoms with E-state index in [1.165, 1.54) is 5.56 Å². The number of allylic oxidation sites excluding steroid dienone is 5. The third kappa shape index (κ3) is 5.16. The summed E-state index contributed by atoms with van der Waals surface area (Å²) in [5.41, 5.74) is 6.51. The molecule has 0 radical (unpaired) electrons. The van der Waals surface area contributed by atoms with Crippen LogP contribution in [0.15, 0.2) is 54.6 Å². The molecule has 0 fully saturated rings. The summed E-state index contributed by atoms with van der Waals surface area (Å²) in [6.45, 7) is 6.56. The van der Waals surface area contributed by atoms with Gasteiger partial charge in [0.2, 0.25) is 0 Å². The van der Waals surface area contributed by atoms with Gasteiger partial charge >= 0.3 is 5.97 Å². The van der Waals surface area contributed by atoms with E-state index in [9.17, 15) is 4.79 Å². The lowest BCUT2D eigenvalue weighted by molar-refractivity contribution is -0.137. The number of aromatic nitrogens is 2. The van der Waals surface area contributed by atoms with Crippen LogP contribution in [-0.2, 0) is 17.8 Å². The largest absolute Gasteiger partial charge is 0.487 e. The Bertz CT molecular complexity index is 1040. The first-order valence-electron chi connectivity index (χ1n) is 11.1. The Labute approximate surface area is 183 Å². The summed E-state index contributed by atoms with van der Waals surface area (Å²) in [5.74, 6) is 0.189. The Morgan fingerprint density at radius 3 is 2.97 bits per heavy atom. The molecule has 162 valence electrons. The molecular formula is C26H30N2O3. The van der Waals surface area contributed by atoms with Crippen LogP contribution in [0, 0.1) is 6.92 Å². The number of fused-ring (bicyclic) bond motifs is 1. The average molecular weight is 419 g/mol. The van der Waals surface area contributed by atoms with Crippen LogP contribution in [0.3, 0.4) is 0 Å². The zero-order valence-corrected chi connectivity index (χ0v) is 18.1. The van der Waals surface area contributed by atoms with E-state index in [0.717, 1.165) is 72.5 Å². The summed E-state index contributed by atoms with van der Waals surface area (Å²) in [4.78, 5) is 11.1.